The fourth-order valence-electron chi connectivity index (χ4n) is 1.50. The average Bonchev–Trinajstić information content (AvgIpc) is 2.25. The van der Waals surface area contributed by atoms with Gasteiger partial charge in [0, 0.05) is 18.2 Å². The number of hydrogen-bond acceptors (Lipinski definition) is 5. The first kappa shape index (κ1) is 17.5. The van der Waals surface area contributed by atoms with Crippen LogP contribution in [0.3, 0.4) is 0 Å². The largest absolute Gasteiger partial charge is 0.468 e. The summed E-state index contributed by atoms with van der Waals surface area (Å²) in [5.74, 6) is 1.50. The van der Waals surface area contributed by atoms with Crippen LogP contribution < -0.4 is 10.6 Å². The highest BCUT2D eigenvalue weighted by Gasteiger charge is 2.28. The molecule has 0 aromatic heterocycles. The van der Waals surface area contributed by atoms with E-state index in [0.717, 1.165) is 18.8 Å². The molecule has 1 aliphatic heterocycles. The second-order valence-electron chi connectivity index (χ2n) is 4.13. The Hall–Kier alpha value is -0.460. The Morgan fingerprint density at radius 3 is 2.67 bits per heavy atom. The lowest BCUT2D eigenvalue weighted by Gasteiger charge is -2.31. The lowest BCUT2D eigenvalue weighted by molar-refractivity contribution is -0.137. The van der Waals surface area contributed by atoms with Gasteiger partial charge in [0.25, 0.3) is 0 Å². The minimum atomic E-state index is -0.227. The molecule has 1 aliphatic rings. The van der Waals surface area contributed by atoms with Crippen molar-refractivity contribution < 1.29 is 14.3 Å². The summed E-state index contributed by atoms with van der Waals surface area (Å²) >= 11 is 1.47. The highest BCUT2D eigenvalue weighted by Crippen LogP contribution is 2.15. The number of hydrogen-bond donors (Lipinski definition) is 2. The van der Waals surface area contributed by atoms with Crippen LogP contribution in [0.2, 0.25) is 0 Å². The third kappa shape index (κ3) is 5.93. The van der Waals surface area contributed by atoms with Crippen LogP contribution in [0.25, 0.3) is 0 Å². The van der Waals surface area contributed by atoms with Crippen molar-refractivity contribution in [1.82, 2.24) is 10.6 Å². The van der Waals surface area contributed by atoms with E-state index in [1.807, 2.05) is 6.92 Å². The molecule has 0 aromatic carbocycles. The molecule has 7 heteroatoms. The summed E-state index contributed by atoms with van der Waals surface area (Å²) < 4.78 is 4.52. The van der Waals surface area contributed by atoms with Crippen LogP contribution in [-0.4, -0.2) is 50.1 Å². The van der Waals surface area contributed by atoms with Crippen molar-refractivity contribution in [3.8, 4) is 0 Å². The molecule has 5 nitrogen and oxygen atoms in total. The third-order valence-corrected chi connectivity index (χ3v) is 3.86. The van der Waals surface area contributed by atoms with Gasteiger partial charge in [-0.2, -0.15) is 0 Å². The second kappa shape index (κ2) is 9.47. The van der Waals surface area contributed by atoms with Gasteiger partial charge in [-0.25, -0.2) is 0 Å². The minimum absolute atomic E-state index is 0. The summed E-state index contributed by atoms with van der Waals surface area (Å²) in [5.41, 5.74) is 0. The second-order valence-corrected chi connectivity index (χ2v) is 5.23. The number of rotatable bonds is 7. The first-order valence-electron chi connectivity index (χ1n) is 5.78. The SMILES string of the molecule is COC(=O)CSCCNC(=O)C(C)C1CNC1.Cl. The van der Waals surface area contributed by atoms with E-state index in [1.165, 1.54) is 18.9 Å². The zero-order valence-corrected chi connectivity index (χ0v) is 12.4. The van der Waals surface area contributed by atoms with Gasteiger partial charge in [0.15, 0.2) is 0 Å². The van der Waals surface area contributed by atoms with Crippen LogP contribution in [0.5, 0.6) is 0 Å². The van der Waals surface area contributed by atoms with Crippen LogP contribution in [-0.2, 0) is 14.3 Å². The van der Waals surface area contributed by atoms with Crippen LogP contribution in [0, 0.1) is 11.8 Å². The predicted molar refractivity (Wildman–Crippen MR) is 75.1 cm³/mol. The van der Waals surface area contributed by atoms with E-state index in [4.69, 9.17) is 0 Å². The fourth-order valence-corrected chi connectivity index (χ4v) is 2.18. The molecule has 0 spiro atoms. The van der Waals surface area contributed by atoms with Gasteiger partial charge in [-0.3, -0.25) is 9.59 Å². The maximum Gasteiger partial charge on any atom is 0.315 e. The minimum Gasteiger partial charge on any atom is -0.468 e. The van der Waals surface area contributed by atoms with E-state index in [2.05, 4.69) is 15.4 Å². The molecular weight excluding hydrogens is 276 g/mol. The summed E-state index contributed by atoms with van der Waals surface area (Å²) in [5, 5.41) is 6.04. The maximum atomic E-state index is 11.7. The number of ether oxygens (including phenoxy) is 1. The molecule has 106 valence electrons. The van der Waals surface area contributed by atoms with Gasteiger partial charge < -0.3 is 15.4 Å². The highest BCUT2D eigenvalue weighted by molar-refractivity contribution is 7.99. The fraction of sp³-hybridized carbons (Fsp3) is 0.818. The van der Waals surface area contributed by atoms with Gasteiger partial charge in [-0.05, 0) is 19.0 Å². The van der Waals surface area contributed by atoms with Gasteiger partial charge in [-0.1, -0.05) is 6.92 Å². The Morgan fingerprint density at radius 2 is 2.17 bits per heavy atom. The molecule has 1 amide bonds. The summed E-state index contributed by atoms with van der Waals surface area (Å²) in [4.78, 5) is 22.5. The standard InChI is InChI=1S/C11H20N2O3S.ClH/c1-8(9-5-12-6-9)11(15)13-3-4-17-7-10(14)16-2;/h8-9,12H,3-7H2,1-2H3,(H,13,15);1H. The Kier molecular flexibility index (Phi) is 9.23. The van der Waals surface area contributed by atoms with E-state index in [-0.39, 0.29) is 30.2 Å². The van der Waals surface area contributed by atoms with Crippen LogP contribution in [0.15, 0.2) is 0 Å². The lowest BCUT2D eigenvalue weighted by Crippen LogP contribution is -2.49. The van der Waals surface area contributed by atoms with E-state index in [9.17, 15) is 9.59 Å². The quantitative estimate of drug-likeness (QED) is 0.522. The van der Waals surface area contributed by atoms with Crippen molar-refractivity contribution in [1.29, 1.82) is 0 Å². The Morgan fingerprint density at radius 1 is 1.50 bits per heavy atom. The molecule has 1 heterocycles. The number of amides is 1. The monoisotopic (exact) mass is 296 g/mol. The van der Waals surface area contributed by atoms with E-state index in [1.54, 1.807) is 0 Å². The Balaban J connectivity index is 0.00000289. The number of esters is 1. The van der Waals surface area contributed by atoms with Crippen LogP contribution in [0.1, 0.15) is 6.92 Å². The molecule has 1 saturated heterocycles. The molecule has 0 saturated carbocycles. The van der Waals surface area contributed by atoms with Crippen molar-refractivity contribution in [2.75, 3.05) is 38.2 Å². The van der Waals surface area contributed by atoms with E-state index in [0.29, 0.717) is 18.2 Å². The van der Waals surface area contributed by atoms with Crippen LogP contribution in [0.4, 0.5) is 0 Å². The summed E-state index contributed by atoms with van der Waals surface area (Å²) in [7, 11) is 1.37. The molecule has 0 radical (unpaired) electrons. The third-order valence-electron chi connectivity index (χ3n) is 2.93. The molecule has 2 N–H and O–H groups in total. The van der Waals surface area contributed by atoms with Gasteiger partial charge in [0.2, 0.25) is 5.91 Å². The first-order chi connectivity index (χ1) is 8.15. The van der Waals surface area contributed by atoms with Gasteiger partial charge in [-0.15, -0.1) is 24.2 Å². The highest BCUT2D eigenvalue weighted by atomic mass is 35.5. The summed E-state index contributed by atoms with van der Waals surface area (Å²) in [6.07, 6.45) is 0. The van der Waals surface area contributed by atoms with Gasteiger partial charge in [0.05, 0.1) is 12.9 Å². The van der Waals surface area contributed by atoms with Crippen LogP contribution >= 0.6 is 24.2 Å². The van der Waals surface area contributed by atoms with Crippen molar-refractivity contribution in [3.63, 3.8) is 0 Å². The molecule has 1 unspecified atom stereocenters. The van der Waals surface area contributed by atoms with Crippen molar-refractivity contribution in [2.24, 2.45) is 11.8 Å². The Bertz CT molecular complexity index is 275. The van der Waals surface area contributed by atoms with Crippen molar-refractivity contribution in [2.45, 2.75) is 6.92 Å². The van der Waals surface area contributed by atoms with Crippen molar-refractivity contribution in [3.05, 3.63) is 0 Å². The molecule has 0 aromatic rings. The number of methoxy groups -OCH3 is 1. The topological polar surface area (TPSA) is 67.4 Å². The molecule has 0 aliphatic carbocycles. The average molecular weight is 297 g/mol. The number of nitrogens with one attached hydrogen (secondary N) is 2. The first-order valence-corrected chi connectivity index (χ1v) is 6.93. The van der Waals surface area contributed by atoms with E-state index < -0.39 is 0 Å². The van der Waals surface area contributed by atoms with E-state index >= 15 is 0 Å². The maximum absolute atomic E-state index is 11.7. The molecule has 18 heavy (non-hydrogen) atoms. The zero-order chi connectivity index (χ0) is 12.7. The predicted octanol–water partition coefficient (Wildman–Crippen LogP) is 0.286. The number of carbonyl (C=O) groups excluding carboxylic acids is 2. The zero-order valence-electron chi connectivity index (χ0n) is 10.7. The molecular formula is C11H21ClN2O3S. The molecule has 1 rings (SSSR count). The summed E-state index contributed by atoms with van der Waals surface area (Å²) in [6, 6.07) is 0. The molecule has 1 atom stereocenters. The van der Waals surface area contributed by atoms with Gasteiger partial charge >= 0.3 is 5.97 Å². The normalized spacial score (nSPS) is 16.1. The number of halogens is 1. The number of carbonyl (C=O) groups is 2. The van der Waals surface area contributed by atoms with Gasteiger partial charge in [0.1, 0.15) is 0 Å². The van der Waals surface area contributed by atoms with Crippen molar-refractivity contribution >= 4 is 36.0 Å². The lowest BCUT2D eigenvalue weighted by atomic mass is 9.88. The molecule has 1 fully saturated rings. The molecule has 0 bridgehead atoms. The smallest absolute Gasteiger partial charge is 0.315 e. The summed E-state index contributed by atoms with van der Waals surface area (Å²) in [6.45, 7) is 4.44. The number of thioether (sulfide) groups is 1. The Labute approximate surface area is 118 Å².